The van der Waals surface area contributed by atoms with E-state index in [1.165, 1.54) is 19.3 Å². The summed E-state index contributed by atoms with van der Waals surface area (Å²) in [5.74, 6) is -0.763. The third-order valence-corrected chi connectivity index (χ3v) is 3.41. The third-order valence-electron chi connectivity index (χ3n) is 3.41. The molecule has 0 saturated heterocycles. The molecule has 0 aliphatic heterocycles. The number of carbonyl (C=O) groups is 1. The predicted molar refractivity (Wildman–Crippen MR) is 57.4 cm³/mol. The van der Waals surface area contributed by atoms with Gasteiger partial charge in [-0.3, -0.25) is 4.79 Å². The summed E-state index contributed by atoms with van der Waals surface area (Å²) < 4.78 is 0. The quantitative estimate of drug-likeness (QED) is 0.638. The second kappa shape index (κ2) is 6.08. The molecule has 1 aliphatic carbocycles. The maximum absolute atomic E-state index is 10.6. The highest BCUT2D eigenvalue weighted by Crippen LogP contribution is 2.29. The van der Waals surface area contributed by atoms with Crippen molar-refractivity contribution in [1.29, 1.82) is 0 Å². The van der Waals surface area contributed by atoms with Gasteiger partial charge in [-0.2, -0.15) is 0 Å². The zero-order valence-corrected chi connectivity index (χ0v) is 9.06. The Kier molecular flexibility index (Phi) is 5.05. The molecule has 4 nitrogen and oxygen atoms in total. The maximum atomic E-state index is 10.6. The minimum Gasteiger partial charge on any atom is -0.481 e. The van der Waals surface area contributed by atoms with Crippen molar-refractivity contribution < 1.29 is 15.0 Å². The van der Waals surface area contributed by atoms with Crippen LogP contribution in [0, 0.1) is 11.8 Å². The van der Waals surface area contributed by atoms with Gasteiger partial charge in [0.2, 0.25) is 0 Å². The highest BCUT2D eigenvalue weighted by Gasteiger charge is 2.28. The number of nitrogens with two attached hydrogens (primary N) is 1. The van der Waals surface area contributed by atoms with E-state index >= 15 is 0 Å². The molecule has 15 heavy (non-hydrogen) atoms. The van der Waals surface area contributed by atoms with Crippen LogP contribution in [-0.2, 0) is 4.79 Å². The first-order chi connectivity index (χ1) is 7.15. The summed E-state index contributed by atoms with van der Waals surface area (Å²) in [6, 6.07) is -0.161. The second-order valence-electron chi connectivity index (χ2n) is 4.52. The number of carboxylic acids is 1. The van der Waals surface area contributed by atoms with E-state index in [4.69, 9.17) is 15.9 Å². The molecule has 0 aromatic rings. The molecule has 0 aromatic carbocycles. The Morgan fingerprint density at radius 2 is 1.93 bits per heavy atom. The lowest BCUT2D eigenvalue weighted by Gasteiger charge is -2.31. The Balaban J connectivity index is 2.46. The molecule has 4 heteroatoms. The molecule has 1 fully saturated rings. The summed E-state index contributed by atoms with van der Waals surface area (Å²) in [5, 5.41) is 17.8. The van der Waals surface area contributed by atoms with Gasteiger partial charge in [0.15, 0.2) is 0 Å². The zero-order chi connectivity index (χ0) is 11.3. The van der Waals surface area contributed by atoms with Gasteiger partial charge in [-0.05, 0) is 18.8 Å². The normalized spacial score (nSPS) is 22.3. The fourth-order valence-corrected chi connectivity index (χ4v) is 2.45. The van der Waals surface area contributed by atoms with Gasteiger partial charge in [0.05, 0.1) is 6.42 Å². The molecule has 0 heterocycles. The van der Waals surface area contributed by atoms with Crippen LogP contribution in [0.1, 0.15) is 38.5 Å². The van der Waals surface area contributed by atoms with Crippen molar-refractivity contribution in [3.8, 4) is 0 Å². The van der Waals surface area contributed by atoms with Crippen molar-refractivity contribution in [2.45, 2.75) is 44.6 Å². The Morgan fingerprint density at radius 1 is 1.33 bits per heavy atom. The summed E-state index contributed by atoms with van der Waals surface area (Å²) in [6.07, 6.45) is 5.77. The maximum Gasteiger partial charge on any atom is 0.303 e. The number of rotatable bonds is 5. The van der Waals surface area contributed by atoms with Gasteiger partial charge >= 0.3 is 5.97 Å². The molecular formula is C11H21NO3. The fourth-order valence-electron chi connectivity index (χ4n) is 2.45. The molecular weight excluding hydrogens is 194 g/mol. The van der Waals surface area contributed by atoms with Crippen LogP contribution in [0.25, 0.3) is 0 Å². The van der Waals surface area contributed by atoms with E-state index in [2.05, 4.69) is 0 Å². The molecule has 0 aromatic heterocycles. The molecule has 0 amide bonds. The second-order valence-corrected chi connectivity index (χ2v) is 4.52. The number of carboxylic acid groups (broad SMARTS) is 1. The van der Waals surface area contributed by atoms with Crippen LogP contribution in [0.2, 0.25) is 0 Å². The van der Waals surface area contributed by atoms with Gasteiger partial charge < -0.3 is 15.9 Å². The first-order valence-electron chi connectivity index (χ1n) is 5.73. The van der Waals surface area contributed by atoms with E-state index in [1.807, 2.05) is 0 Å². The fraction of sp³-hybridized carbons (Fsp3) is 0.909. The molecule has 0 radical (unpaired) electrons. The molecule has 1 saturated carbocycles. The standard InChI is InChI=1S/C11H21NO3/c12-11(8-4-2-1-3-5-8)9(7-13)6-10(14)15/h8-9,11,13H,1-7,12H2,(H,14,15). The van der Waals surface area contributed by atoms with Crippen molar-refractivity contribution in [2.75, 3.05) is 6.61 Å². The molecule has 1 aliphatic rings. The third kappa shape index (κ3) is 3.80. The van der Waals surface area contributed by atoms with Crippen molar-refractivity contribution in [3.63, 3.8) is 0 Å². The van der Waals surface area contributed by atoms with Crippen LogP contribution >= 0.6 is 0 Å². The van der Waals surface area contributed by atoms with E-state index in [1.54, 1.807) is 0 Å². The van der Waals surface area contributed by atoms with Crippen molar-refractivity contribution >= 4 is 5.97 Å². The summed E-state index contributed by atoms with van der Waals surface area (Å²) in [7, 11) is 0. The summed E-state index contributed by atoms with van der Waals surface area (Å²) >= 11 is 0. The summed E-state index contributed by atoms with van der Waals surface area (Å²) in [4.78, 5) is 10.6. The van der Waals surface area contributed by atoms with Gasteiger partial charge in [0.1, 0.15) is 0 Å². The first kappa shape index (κ1) is 12.5. The summed E-state index contributed by atoms with van der Waals surface area (Å²) in [6.45, 7) is -0.121. The van der Waals surface area contributed by atoms with Crippen LogP contribution in [-0.4, -0.2) is 28.8 Å². The molecule has 2 unspecified atom stereocenters. The SMILES string of the molecule is NC(C1CCCCC1)C(CO)CC(=O)O. The average Bonchev–Trinajstić information content (AvgIpc) is 2.26. The van der Waals surface area contributed by atoms with Crippen molar-refractivity contribution in [2.24, 2.45) is 17.6 Å². The molecule has 88 valence electrons. The Morgan fingerprint density at radius 3 is 2.40 bits per heavy atom. The number of aliphatic carboxylic acids is 1. The molecule has 0 spiro atoms. The average molecular weight is 215 g/mol. The number of hydrogen-bond donors (Lipinski definition) is 3. The lowest BCUT2D eigenvalue weighted by atomic mass is 9.78. The summed E-state index contributed by atoms with van der Waals surface area (Å²) in [5.41, 5.74) is 6.03. The monoisotopic (exact) mass is 215 g/mol. The molecule has 1 rings (SSSR count). The first-order valence-corrected chi connectivity index (χ1v) is 5.73. The van der Waals surface area contributed by atoms with Gasteiger partial charge in [0.25, 0.3) is 0 Å². The van der Waals surface area contributed by atoms with Crippen molar-refractivity contribution in [1.82, 2.24) is 0 Å². The largest absolute Gasteiger partial charge is 0.481 e. The van der Waals surface area contributed by atoms with Crippen LogP contribution in [0.5, 0.6) is 0 Å². The van der Waals surface area contributed by atoms with Crippen LogP contribution in [0.3, 0.4) is 0 Å². The van der Waals surface area contributed by atoms with E-state index < -0.39 is 5.97 Å². The molecule has 4 N–H and O–H groups in total. The highest BCUT2D eigenvalue weighted by molar-refractivity contribution is 5.67. The Hall–Kier alpha value is -0.610. The van der Waals surface area contributed by atoms with Crippen molar-refractivity contribution in [3.05, 3.63) is 0 Å². The van der Waals surface area contributed by atoms with E-state index in [0.717, 1.165) is 12.8 Å². The van der Waals surface area contributed by atoms with E-state index in [0.29, 0.717) is 5.92 Å². The van der Waals surface area contributed by atoms with Gasteiger partial charge in [0, 0.05) is 18.6 Å². The lowest BCUT2D eigenvalue weighted by Crippen LogP contribution is -2.41. The minimum absolute atomic E-state index is 0.0197. The molecule has 2 atom stereocenters. The highest BCUT2D eigenvalue weighted by atomic mass is 16.4. The number of aliphatic hydroxyl groups is 1. The Labute approximate surface area is 90.5 Å². The van der Waals surface area contributed by atoms with Gasteiger partial charge in [-0.15, -0.1) is 0 Å². The van der Waals surface area contributed by atoms with Crippen LogP contribution in [0.15, 0.2) is 0 Å². The predicted octanol–water partition coefficient (Wildman–Crippen LogP) is 0.977. The van der Waals surface area contributed by atoms with Crippen LogP contribution in [0.4, 0.5) is 0 Å². The lowest BCUT2D eigenvalue weighted by molar-refractivity contribution is -0.138. The minimum atomic E-state index is -0.875. The van der Waals surface area contributed by atoms with E-state index in [-0.39, 0.29) is 25.0 Å². The smallest absolute Gasteiger partial charge is 0.303 e. The van der Waals surface area contributed by atoms with Gasteiger partial charge in [-0.25, -0.2) is 0 Å². The number of aliphatic hydroxyl groups excluding tert-OH is 1. The topological polar surface area (TPSA) is 83.5 Å². The van der Waals surface area contributed by atoms with Gasteiger partial charge in [-0.1, -0.05) is 19.3 Å². The van der Waals surface area contributed by atoms with E-state index in [9.17, 15) is 4.79 Å². The zero-order valence-electron chi connectivity index (χ0n) is 9.06. The number of hydrogen-bond acceptors (Lipinski definition) is 3. The Bertz CT molecular complexity index is 202. The molecule has 0 bridgehead atoms. The van der Waals surface area contributed by atoms with Crippen LogP contribution < -0.4 is 5.73 Å².